The van der Waals surface area contributed by atoms with E-state index in [1.165, 1.54) is 11.3 Å². The van der Waals surface area contributed by atoms with Crippen molar-refractivity contribution in [3.8, 4) is 10.6 Å². The molecule has 3 rings (SSSR count). The number of rotatable bonds is 6. The molecule has 0 spiro atoms. The summed E-state index contributed by atoms with van der Waals surface area (Å²) < 4.78 is 26.3. The molecule has 1 atom stereocenters. The predicted octanol–water partition coefficient (Wildman–Crippen LogP) is 3.05. The maximum absolute atomic E-state index is 12.8. The van der Waals surface area contributed by atoms with Gasteiger partial charge in [-0.15, -0.1) is 11.3 Å². The summed E-state index contributed by atoms with van der Waals surface area (Å²) in [4.78, 5) is 19.2. The van der Waals surface area contributed by atoms with Crippen molar-refractivity contribution in [2.75, 3.05) is 19.3 Å². The van der Waals surface area contributed by atoms with Crippen molar-refractivity contribution in [2.24, 2.45) is 0 Å². The van der Waals surface area contributed by atoms with Crippen molar-refractivity contribution in [1.29, 1.82) is 0 Å². The van der Waals surface area contributed by atoms with E-state index < -0.39 is 10.0 Å². The summed E-state index contributed by atoms with van der Waals surface area (Å²) in [5, 5.41) is 2.80. The average molecular weight is 472 g/mol. The van der Waals surface area contributed by atoms with Crippen LogP contribution in [0.1, 0.15) is 25.0 Å². The number of halogens is 1. The monoisotopic (exact) mass is 471 g/mol. The second kappa shape index (κ2) is 8.81. The van der Waals surface area contributed by atoms with Crippen molar-refractivity contribution in [3.63, 3.8) is 0 Å². The smallest absolute Gasteiger partial charge is 0.228 e. The first-order chi connectivity index (χ1) is 12.8. The van der Waals surface area contributed by atoms with Gasteiger partial charge in [0.2, 0.25) is 15.9 Å². The molecule has 0 radical (unpaired) electrons. The Labute approximate surface area is 172 Å². The van der Waals surface area contributed by atoms with E-state index in [4.69, 9.17) is 0 Å². The first-order valence-electron chi connectivity index (χ1n) is 8.76. The largest absolute Gasteiger partial charge is 0.338 e. The minimum atomic E-state index is -3.26. The van der Waals surface area contributed by atoms with E-state index in [1.807, 2.05) is 29.6 Å². The van der Waals surface area contributed by atoms with Gasteiger partial charge < -0.3 is 4.90 Å². The Kier molecular flexibility index (Phi) is 6.67. The molecule has 1 saturated heterocycles. The van der Waals surface area contributed by atoms with Crippen molar-refractivity contribution < 1.29 is 13.2 Å². The zero-order valence-corrected chi connectivity index (χ0v) is 18.2. The summed E-state index contributed by atoms with van der Waals surface area (Å²) in [5.41, 5.74) is 1.77. The maximum Gasteiger partial charge on any atom is 0.228 e. The summed E-state index contributed by atoms with van der Waals surface area (Å²) >= 11 is 4.98. The lowest BCUT2D eigenvalue weighted by Crippen LogP contribution is -2.49. The first kappa shape index (κ1) is 20.4. The van der Waals surface area contributed by atoms with Crippen molar-refractivity contribution in [2.45, 2.75) is 31.7 Å². The second-order valence-electron chi connectivity index (χ2n) is 6.69. The molecular weight excluding hydrogens is 450 g/mol. The normalized spacial score (nSPS) is 17.9. The summed E-state index contributed by atoms with van der Waals surface area (Å²) in [5.74, 6) is 0.00101. The third kappa shape index (κ3) is 5.84. The van der Waals surface area contributed by atoms with Crippen molar-refractivity contribution >= 4 is 43.2 Å². The van der Waals surface area contributed by atoms with Crippen LogP contribution >= 0.6 is 27.3 Å². The molecule has 1 aromatic heterocycles. The van der Waals surface area contributed by atoms with E-state index >= 15 is 0 Å². The molecule has 9 heteroatoms. The van der Waals surface area contributed by atoms with Crippen LogP contribution in [0.2, 0.25) is 0 Å². The molecule has 0 unspecified atom stereocenters. The Bertz CT molecular complexity index is 914. The van der Waals surface area contributed by atoms with E-state index in [1.54, 1.807) is 4.90 Å². The van der Waals surface area contributed by atoms with Crippen LogP contribution < -0.4 is 4.72 Å². The molecule has 1 aliphatic heterocycles. The lowest BCUT2D eigenvalue weighted by atomic mass is 10.0. The third-order valence-electron chi connectivity index (χ3n) is 4.48. The second-order valence-corrected chi connectivity index (χ2v) is 10.3. The fourth-order valence-corrected chi connectivity index (χ4v) is 4.90. The van der Waals surface area contributed by atoms with Gasteiger partial charge in [-0.25, -0.2) is 18.1 Å². The van der Waals surface area contributed by atoms with Gasteiger partial charge in [0.05, 0.1) is 18.4 Å². The van der Waals surface area contributed by atoms with Gasteiger partial charge in [-0.1, -0.05) is 28.1 Å². The number of piperidine rings is 1. The molecule has 0 saturated carbocycles. The number of benzene rings is 1. The van der Waals surface area contributed by atoms with Crippen LogP contribution in [0.4, 0.5) is 0 Å². The van der Waals surface area contributed by atoms with Crippen LogP contribution in [0, 0.1) is 0 Å². The number of nitrogens with one attached hydrogen (secondary N) is 1. The minimum Gasteiger partial charge on any atom is -0.338 e. The fraction of sp³-hybridized carbons (Fsp3) is 0.444. The van der Waals surface area contributed by atoms with Gasteiger partial charge in [-0.05, 0) is 31.4 Å². The molecule has 1 aliphatic rings. The van der Waals surface area contributed by atoms with Gasteiger partial charge in [-0.2, -0.15) is 0 Å². The van der Waals surface area contributed by atoms with Gasteiger partial charge in [0.15, 0.2) is 0 Å². The van der Waals surface area contributed by atoms with E-state index in [2.05, 4.69) is 25.6 Å². The zero-order valence-electron chi connectivity index (χ0n) is 15.0. The van der Waals surface area contributed by atoms with Gasteiger partial charge >= 0.3 is 0 Å². The van der Waals surface area contributed by atoms with Crippen LogP contribution in [0.5, 0.6) is 0 Å². The highest BCUT2D eigenvalue weighted by atomic mass is 79.9. The lowest BCUT2D eigenvalue weighted by molar-refractivity contribution is -0.134. The predicted molar refractivity (Wildman–Crippen MR) is 111 cm³/mol. The van der Waals surface area contributed by atoms with Crippen LogP contribution in [0.15, 0.2) is 34.1 Å². The number of carbonyl (C=O) groups excluding carboxylic acids is 1. The van der Waals surface area contributed by atoms with Crippen LogP contribution in [0.3, 0.4) is 0 Å². The number of carbonyl (C=O) groups is 1. The van der Waals surface area contributed by atoms with Gasteiger partial charge in [0.25, 0.3) is 0 Å². The Morgan fingerprint density at radius 3 is 2.96 bits per heavy atom. The lowest BCUT2D eigenvalue weighted by Gasteiger charge is -2.35. The Morgan fingerprint density at radius 1 is 1.41 bits per heavy atom. The molecule has 6 nitrogen and oxygen atoms in total. The number of hydrogen-bond donors (Lipinski definition) is 1. The van der Waals surface area contributed by atoms with Crippen LogP contribution in [-0.2, 0) is 21.2 Å². The molecule has 1 amide bonds. The number of hydrogen-bond acceptors (Lipinski definition) is 5. The molecule has 0 aliphatic carbocycles. The fourth-order valence-electron chi connectivity index (χ4n) is 3.19. The van der Waals surface area contributed by atoms with Gasteiger partial charge in [-0.3, -0.25) is 4.79 Å². The van der Waals surface area contributed by atoms with E-state index in [0.29, 0.717) is 6.54 Å². The van der Waals surface area contributed by atoms with Crippen molar-refractivity contribution in [1.82, 2.24) is 14.6 Å². The van der Waals surface area contributed by atoms with Gasteiger partial charge in [0.1, 0.15) is 5.01 Å². The third-order valence-corrected chi connectivity index (χ3v) is 6.61. The number of likely N-dealkylation sites (tertiary alicyclic amines) is 1. The molecule has 1 fully saturated rings. The maximum atomic E-state index is 12.8. The molecule has 2 heterocycles. The first-order valence-corrected chi connectivity index (χ1v) is 12.3. The molecule has 1 aromatic carbocycles. The van der Waals surface area contributed by atoms with E-state index in [9.17, 15) is 13.2 Å². The van der Waals surface area contributed by atoms with Crippen LogP contribution in [0.25, 0.3) is 10.6 Å². The highest BCUT2D eigenvalue weighted by Gasteiger charge is 2.27. The Balaban J connectivity index is 1.66. The topological polar surface area (TPSA) is 79.4 Å². The molecule has 146 valence electrons. The molecule has 0 bridgehead atoms. The minimum absolute atomic E-state index is 0.00101. The molecule has 27 heavy (non-hydrogen) atoms. The van der Waals surface area contributed by atoms with E-state index in [-0.39, 0.29) is 24.9 Å². The van der Waals surface area contributed by atoms with E-state index in [0.717, 1.165) is 46.3 Å². The Morgan fingerprint density at radius 2 is 2.22 bits per heavy atom. The van der Waals surface area contributed by atoms with Crippen molar-refractivity contribution in [3.05, 3.63) is 39.8 Å². The quantitative estimate of drug-likeness (QED) is 0.701. The highest BCUT2D eigenvalue weighted by molar-refractivity contribution is 9.10. The standard InChI is InChI=1S/C18H22BrN3O3S2/c1-27(24,25)20-11-16-7-2-3-8-22(16)17(23)10-15-12-26-18(21-15)13-5-4-6-14(19)9-13/h4-6,9,12,16,20H,2-3,7-8,10-11H2,1H3/t16-/m1/s1. The summed E-state index contributed by atoms with van der Waals surface area (Å²) in [7, 11) is -3.26. The number of thiazole rings is 1. The molecule has 1 N–H and O–H groups in total. The molecular formula is C18H22BrN3O3S2. The number of aromatic nitrogens is 1. The molecule has 2 aromatic rings. The summed E-state index contributed by atoms with van der Waals surface area (Å²) in [6, 6.07) is 7.82. The number of nitrogens with zero attached hydrogens (tertiary/aromatic N) is 2. The average Bonchev–Trinajstić information content (AvgIpc) is 3.08. The highest BCUT2D eigenvalue weighted by Crippen LogP contribution is 2.27. The zero-order chi connectivity index (χ0) is 19.4. The SMILES string of the molecule is CS(=O)(=O)NC[C@H]1CCCCN1C(=O)Cc1csc(-c2cccc(Br)c2)n1. The van der Waals surface area contributed by atoms with Crippen LogP contribution in [-0.4, -0.2) is 49.6 Å². The number of sulfonamides is 1. The number of amides is 1. The summed E-state index contributed by atoms with van der Waals surface area (Å²) in [6.45, 7) is 0.933. The summed E-state index contributed by atoms with van der Waals surface area (Å²) in [6.07, 6.45) is 4.14. The van der Waals surface area contributed by atoms with Gasteiger partial charge in [0, 0.05) is 34.5 Å². The Hall–Kier alpha value is -1.29.